The number of hydrogen-bond acceptors (Lipinski definition) is 3. The first-order valence-electron chi connectivity index (χ1n) is 11.7. The maximum absolute atomic E-state index is 13.6. The summed E-state index contributed by atoms with van der Waals surface area (Å²) in [6.07, 6.45) is 1.26. The van der Waals surface area contributed by atoms with Crippen molar-refractivity contribution in [2.45, 2.75) is 38.1 Å². The number of halogens is 3. The average Bonchev–Trinajstić information content (AvgIpc) is 2.88. The molecule has 3 rings (SSSR count). The van der Waals surface area contributed by atoms with Crippen LogP contribution in [0.2, 0.25) is 10.0 Å². The quantitative estimate of drug-likeness (QED) is 0.238. The third-order valence-electron chi connectivity index (χ3n) is 5.56. The van der Waals surface area contributed by atoms with Crippen molar-refractivity contribution < 1.29 is 9.59 Å². The first-order valence-corrected chi connectivity index (χ1v) is 14.4. The summed E-state index contributed by atoms with van der Waals surface area (Å²) in [4.78, 5) is 28.6. The Labute approximate surface area is 235 Å². The first-order chi connectivity index (χ1) is 17.4. The molecule has 1 N–H and O–H groups in total. The molecule has 0 saturated carbocycles. The summed E-state index contributed by atoms with van der Waals surface area (Å²) >= 11 is 17.1. The summed E-state index contributed by atoms with van der Waals surface area (Å²) in [5.41, 5.74) is 2.96. The van der Waals surface area contributed by atoms with Crippen molar-refractivity contribution in [3.05, 3.63) is 104 Å². The number of nitrogens with zero attached hydrogens (tertiary/aromatic N) is 1. The van der Waals surface area contributed by atoms with Crippen molar-refractivity contribution in [3.8, 4) is 0 Å². The highest BCUT2D eigenvalue weighted by molar-refractivity contribution is 9.10. The smallest absolute Gasteiger partial charge is 0.243 e. The van der Waals surface area contributed by atoms with E-state index in [1.165, 1.54) is 11.8 Å². The highest BCUT2D eigenvalue weighted by Crippen LogP contribution is 2.25. The minimum atomic E-state index is -0.624. The van der Waals surface area contributed by atoms with Crippen molar-refractivity contribution in [3.63, 3.8) is 0 Å². The summed E-state index contributed by atoms with van der Waals surface area (Å²) in [5.74, 6) is 0.625. The molecular weight excluding hydrogens is 579 g/mol. The number of carbonyl (C=O) groups is 2. The van der Waals surface area contributed by atoms with Gasteiger partial charge in [0.2, 0.25) is 11.8 Å². The van der Waals surface area contributed by atoms with Crippen LogP contribution in [0.5, 0.6) is 0 Å². The zero-order chi connectivity index (χ0) is 25.9. The topological polar surface area (TPSA) is 49.4 Å². The molecule has 2 amide bonds. The fourth-order valence-electron chi connectivity index (χ4n) is 3.68. The Morgan fingerprint density at radius 3 is 2.31 bits per heavy atom. The molecule has 3 aromatic rings. The monoisotopic (exact) mass is 606 g/mol. The number of rotatable bonds is 12. The van der Waals surface area contributed by atoms with Crippen molar-refractivity contribution in [2.75, 3.05) is 12.3 Å². The second-order valence-corrected chi connectivity index (χ2v) is 11.1. The van der Waals surface area contributed by atoms with E-state index in [0.29, 0.717) is 35.3 Å². The second kappa shape index (κ2) is 14.7. The van der Waals surface area contributed by atoms with Gasteiger partial charge < -0.3 is 10.2 Å². The molecule has 0 aliphatic heterocycles. The fraction of sp³-hybridized carbons (Fsp3) is 0.286. The van der Waals surface area contributed by atoms with Gasteiger partial charge in [0.25, 0.3) is 0 Å². The molecule has 0 aliphatic rings. The molecule has 190 valence electrons. The van der Waals surface area contributed by atoms with Crippen LogP contribution >= 0.6 is 50.9 Å². The summed E-state index contributed by atoms with van der Waals surface area (Å²) in [7, 11) is 0. The lowest BCUT2D eigenvalue weighted by Crippen LogP contribution is -2.51. The third-order valence-corrected chi connectivity index (χ3v) is 7.82. The SMILES string of the molecule is CCCNC(=O)[C@H](Cc1ccccc1)N(Cc1ccc(Br)cc1)C(=O)CSCc1ccc(Cl)c(Cl)c1. The number of amides is 2. The lowest BCUT2D eigenvalue weighted by Gasteiger charge is -2.31. The van der Waals surface area contributed by atoms with Gasteiger partial charge in [-0.1, -0.05) is 94.6 Å². The molecule has 0 unspecified atom stereocenters. The van der Waals surface area contributed by atoms with E-state index in [1.54, 1.807) is 11.0 Å². The Balaban J connectivity index is 1.82. The first kappa shape index (κ1) is 28.6. The zero-order valence-corrected chi connectivity index (χ0v) is 24.0. The van der Waals surface area contributed by atoms with Gasteiger partial charge in [-0.05, 0) is 47.4 Å². The molecule has 0 spiro atoms. The van der Waals surface area contributed by atoms with Crippen LogP contribution in [0.4, 0.5) is 0 Å². The van der Waals surface area contributed by atoms with Gasteiger partial charge in [0.1, 0.15) is 6.04 Å². The average molecular weight is 608 g/mol. The largest absolute Gasteiger partial charge is 0.354 e. The van der Waals surface area contributed by atoms with Gasteiger partial charge in [0.15, 0.2) is 0 Å². The van der Waals surface area contributed by atoms with Crippen molar-refractivity contribution in [1.82, 2.24) is 10.2 Å². The Morgan fingerprint density at radius 1 is 0.944 bits per heavy atom. The van der Waals surface area contributed by atoms with E-state index in [1.807, 2.05) is 73.7 Å². The van der Waals surface area contributed by atoms with Crippen LogP contribution < -0.4 is 5.32 Å². The lowest BCUT2D eigenvalue weighted by molar-refractivity contribution is -0.139. The third kappa shape index (κ3) is 8.84. The molecule has 1 atom stereocenters. The number of carbonyl (C=O) groups excluding carboxylic acids is 2. The predicted octanol–water partition coefficient (Wildman–Crippen LogP) is 7.16. The molecule has 0 heterocycles. The van der Waals surface area contributed by atoms with Crippen molar-refractivity contribution in [2.24, 2.45) is 0 Å². The molecule has 0 aromatic heterocycles. The Morgan fingerprint density at radius 2 is 1.64 bits per heavy atom. The molecule has 8 heteroatoms. The number of benzene rings is 3. The van der Waals surface area contributed by atoms with E-state index in [0.717, 1.165) is 27.6 Å². The summed E-state index contributed by atoms with van der Waals surface area (Å²) in [6.45, 7) is 2.92. The van der Waals surface area contributed by atoms with Crippen LogP contribution in [0.25, 0.3) is 0 Å². The van der Waals surface area contributed by atoms with Gasteiger partial charge >= 0.3 is 0 Å². The summed E-state index contributed by atoms with van der Waals surface area (Å²) < 4.78 is 0.961. The Hall–Kier alpha value is -1.99. The van der Waals surface area contributed by atoms with Crippen LogP contribution in [-0.2, 0) is 28.3 Å². The van der Waals surface area contributed by atoms with E-state index < -0.39 is 6.04 Å². The van der Waals surface area contributed by atoms with Crippen molar-refractivity contribution >= 4 is 62.7 Å². The highest BCUT2D eigenvalue weighted by atomic mass is 79.9. The maximum Gasteiger partial charge on any atom is 0.243 e. The van der Waals surface area contributed by atoms with Crippen LogP contribution in [0.1, 0.15) is 30.0 Å². The number of hydrogen-bond donors (Lipinski definition) is 1. The molecule has 4 nitrogen and oxygen atoms in total. The van der Waals surface area contributed by atoms with Gasteiger partial charge in [-0.15, -0.1) is 11.8 Å². The zero-order valence-electron chi connectivity index (χ0n) is 20.1. The van der Waals surface area contributed by atoms with Crippen LogP contribution in [0.15, 0.2) is 77.3 Å². The van der Waals surface area contributed by atoms with Gasteiger partial charge in [-0.3, -0.25) is 9.59 Å². The Bertz CT molecular complexity index is 1150. The molecule has 0 fully saturated rings. The summed E-state index contributed by atoms with van der Waals surface area (Å²) in [6, 6.07) is 22.5. The lowest BCUT2D eigenvalue weighted by atomic mass is 10.0. The standard InChI is InChI=1S/C28H29BrCl2N2O2S/c1-2-14-32-28(35)26(16-20-6-4-3-5-7-20)33(17-21-8-11-23(29)12-9-21)27(34)19-36-18-22-10-13-24(30)25(31)15-22/h3-13,15,26H,2,14,16-19H2,1H3,(H,32,35)/t26-/m0/s1. The van der Waals surface area contributed by atoms with Crippen LogP contribution in [-0.4, -0.2) is 35.1 Å². The maximum atomic E-state index is 13.6. The molecule has 36 heavy (non-hydrogen) atoms. The number of thioether (sulfide) groups is 1. The minimum Gasteiger partial charge on any atom is -0.354 e. The van der Waals surface area contributed by atoms with Crippen LogP contribution in [0, 0.1) is 0 Å². The minimum absolute atomic E-state index is 0.0874. The fourth-order valence-corrected chi connectivity index (χ4v) is 5.12. The van der Waals surface area contributed by atoms with Crippen LogP contribution in [0.3, 0.4) is 0 Å². The number of nitrogens with one attached hydrogen (secondary N) is 1. The van der Waals surface area contributed by atoms with E-state index in [2.05, 4.69) is 21.2 Å². The second-order valence-electron chi connectivity index (χ2n) is 8.39. The van der Waals surface area contributed by atoms with Gasteiger partial charge in [0, 0.05) is 29.7 Å². The Kier molecular flexibility index (Phi) is 11.6. The van der Waals surface area contributed by atoms with Crippen molar-refractivity contribution in [1.29, 1.82) is 0 Å². The summed E-state index contributed by atoms with van der Waals surface area (Å²) in [5, 5.41) is 4.00. The van der Waals surface area contributed by atoms with Gasteiger partial charge in [-0.25, -0.2) is 0 Å². The van der Waals surface area contributed by atoms with E-state index in [-0.39, 0.29) is 17.6 Å². The predicted molar refractivity (Wildman–Crippen MR) is 155 cm³/mol. The van der Waals surface area contributed by atoms with E-state index in [9.17, 15) is 9.59 Å². The van der Waals surface area contributed by atoms with E-state index in [4.69, 9.17) is 23.2 Å². The molecule has 3 aromatic carbocycles. The van der Waals surface area contributed by atoms with E-state index >= 15 is 0 Å². The molecule has 0 aliphatic carbocycles. The molecule has 0 saturated heterocycles. The molecule has 0 radical (unpaired) electrons. The normalized spacial score (nSPS) is 11.7. The molecular formula is C28H29BrCl2N2O2S. The van der Waals surface area contributed by atoms with Gasteiger partial charge in [-0.2, -0.15) is 0 Å². The van der Waals surface area contributed by atoms with Gasteiger partial charge in [0.05, 0.1) is 15.8 Å². The molecule has 0 bridgehead atoms. The highest BCUT2D eigenvalue weighted by Gasteiger charge is 2.30.